The number of nitrogen functional groups attached to an aromatic ring is 2. The molecule has 0 atom stereocenters. The molecule has 2 aromatic heterocycles. The molecule has 0 aliphatic heterocycles. The number of hydrogen-bond donors (Lipinski definition) is 2. The van der Waals surface area contributed by atoms with Gasteiger partial charge in [-0.25, -0.2) is 18.7 Å². The summed E-state index contributed by atoms with van der Waals surface area (Å²) in [6.45, 7) is 0.0496. The predicted molar refractivity (Wildman–Crippen MR) is 93.9 cm³/mol. The molecule has 0 fully saturated rings. The lowest BCUT2D eigenvalue weighted by Crippen LogP contribution is -2.05. The van der Waals surface area contributed by atoms with Crippen LogP contribution in [-0.4, -0.2) is 19.7 Å². The maximum atomic E-state index is 14.5. The van der Waals surface area contributed by atoms with E-state index in [4.69, 9.17) is 11.5 Å². The summed E-state index contributed by atoms with van der Waals surface area (Å²) in [4.78, 5) is 8.16. The third kappa shape index (κ3) is 2.71. The van der Waals surface area contributed by atoms with Gasteiger partial charge in [0.1, 0.15) is 34.5 Å². The Bertz CT molecular complexity index is 1100. The Labute approximate surface area is 147 Å². The number of anilines is 2. The summed E-state index contributed by atoms with van der Waals surface area (Å²) in [5.41, 5.74) is 12.3. The molecule has 4 rings (SSSR count). The molecule has 129 valence electrons. The highest BCUT2D eigenvalue weighted by atomic mass is 19.1. The lowest BCUT2D eigenvalue weighted by atomic mass is 10.2. The minimum Gasteiger partial charge on any atom is -0.383 e. The Balaban J connectivity index is 1.93. The molecule has 0 aliphatic carbocycles. The number of benzene rings is 2. The van der Waals surface area contributed by atoms with Gasteiger partial charge in [-0.3, -0.25) is 4.68 Å². The van der Waals surface area contributed by atoms with E-state index >= 15 is 0 Å². The number of nitrogens with zero attached hydrogens (tertiary/aromatic N) is 4. The largest absolute Gasteiger partial charge is 0.383 e. The normalized spacial score (nSPS) is 11.2. The van der Waals surface area contributed by atoms with Gasteiger partial charge in [0.25, 0.3) is 0 Å². The van der Waals surface area contributed by atoms with Gasteiger partial charge in [0.2, 0.25) is 0 Å². The fourth-order valence-electron chi connectivity index (χ4n) is 2.81. The minimum atomic E-state index is -0.485. The van der Waals surface area contributed by atoms with Crippen LogP contribution in [0.1, 0.15) is 5.56 Å². The Hall–Kier alpha value is -3.55. The van der Waals surface area contributed by atoms with Crippen LogP contribution >= 0.6 is 0 Å². The monoisotopic (exact) mass is 351 g/mol. The summed E-state index contributed by atoms with van der Waals surface area (Å²) in [5.74, 6) is -0.614. The second-order valence-electron chi connectivity index (χ2n) is 5.68. The van der Waals surface area contributed by atoms with Crippen molar-refractivity contribution in [2.75, 3.05) is 11.5 Å². The summed E-state index contributed by atoms with van der Waals surface area (Å²) >= 11 is 0. The molecule has 1 radical (unpaired) electrons. The number of fused-ring (bicyclic) bond motifs is 1. The van der Waals surface area contributed by atoms with Gasteiger partial charge in [0, 0.05) is 10.9 Å². The second-order valence-corrected chi connectivity index (χ2v) is 5.68. The van der Waals surface area contributed by atoms with Crippen LogP contribution in [0.5, 0.6) is 0 Å². The van der Waals surface area contributed by atoms with Gasteiger partial charge in [0.05, 0.1) is 12.6 Å². The first-order chi connectivity index (χ1) is 12.5. The molecule has 4 aromatic rings. The van der Waals surface area contributed by atoms with Gasteiger partial charge in [-0.05, 0) is 12.1 Å². The highest BCUT2D eigenvalue weighted by molar-refractivity contribution is 5.92. The molecule has 6 nitrogen and oxygen atoms in total. The van der Waals surface area contributed by atoms with E-state index in [2.05, 4.69) is 21.1 Å². The minimum absolute atomic E-state index is 0.0496. The van der Waals surface area contributed by atoms with E-state index in [0.717, 1.165) is 0 Å². The zero-order chi connectivity index (χ0) is 18.3. The van der Waals surface area contributed by atoms with Gasteiger partial charge in [-0.1, -0.05) is 30.3 Å². The number of nitrogens with two attached hydrogens (primary N) is 2. The Morgan fingerprint density at radius 2 is 1.62 bits per heavy atom. The average molecular weight is 351 g/mol. The van der Waals surface area contributed by atoms with Crippen LogP contribution in [0.4, 0.5) is 20.4 Å². The van der Waals surface area contributed by atoms with E-state index in [0.29, 0.717) is 16.6 Å². The highest BCUT2D eigenvalue weighted by Gasteiger charge is 2.19. The first-order valence-electron chi connectivity index (χ1n) is 7.74. The van der Waals surface area contributed by atoms with Crippen molar-refractivity contribution in [3.63, 3.8) is 0 Å². The molecule has 0 amide bonds. The van der Waals surface area contributed by atoms with Crippen LogP contribution in [0.15, 0.2) is 42.5 Å². The lowest BCUT2D eigenvalue weighted by molar-refractivity contribution is 0.581. The second kappa shape index (κ2) is 6.07. The molecule has 0 spiro atoms. The standard InChI is InChI=1S/C18H13F2N6/c19-12-6-2-1-4-10(12)9-26-17-11(5-3-7-13(17)20)16(25-26)18-23-14(21)8-15(22)24-18/h1-7H,9H2,(H4,21,22,23,24). The molecule has 2 heterocycles. The summed E-state index contributed by atoms with van der Waals surface area (Å²) in [6.07, 6.45) is 0. The fourth-order valence-corrected chi connectivity index (χ4v) is 2.81. The summed E-state index contributed by atoms with van der Waals surface area (Å²) in [6, 6.07) is 13.4. The molecule has 0 unspecified atom stereocenters. The topological polar surface area (TPSA) is 95.6 Å². The first-order valence-corrected chi connectivity index (χ1v) is 7.74. The predicted octanol–water partition coefficient (Wildman–Crippen LogP) is 2.78. The van der Waals surface area contributed by atoms with Crippen LogP contribution in [0, 0.1) is 17.7 Å². The van der Waals surface area contributed by atoms with Crippen molar-refractivity contribution < 1.29 is 8.78 Å². The molecular formula is C18H13F2N6. The van der Waals surface area contributed by atoms with E-state index < -0.39 is 11.6 Å². The van der Waals surface area contributed by atoms with E-state index in [1.807, 2.05) is 0 Å². The highest BCUT2D eigenvalue weighted by Crippen LogP contribution is 2.29. The fraction of sp³-hybridized carbons (Fsp3) is 0.0556. The maximum Gasteiger partial charge on any atom is 0.184 e. The zero-order valence-corrected chi connectivity index (χ0v) is 13.4. The third-order valence-electron chi connectivity index (χ3n) is 3.92. The third-order valence-corrected chi connectivity index (χ3v) is 3.92. The van der Waals surface area contributed by atoms with Gasteiger partial charge < -0.3 is 11.5 Å². The molecule has 0 saturated heterocycles. The van der Waals surface area contributed by atoms with Crippen molar-refractivity contribution in [2.24, 2.45) is 0 Å². The number of aromatic nitrogens is 4. The number of hydrogen-bond acceptors (Lipinski definition) is 5. The molecule has 0 bridgehead atoms. The molecule has 0 saturated carbocycles. The molecule has 26 heavy (non-hydrogen) atoms. The Morgan fingerprint density at radius 1 is 0.923 bits per heavy atom. The number of halogens is 2. The molecule has 2 aromatic carbocycles. The summed E-state index contributed by atoms with van der Waals surface area (Å²) < 4.78 is 29.9. The smallest absolute Gasteiger partial charge is 0.184 e. The van der Waals surface area contributed by atoms with Crippen LogP contribution in [-0.2, 0) is 6.54 Å². The first kappa shape index (κ1) is 15.9. The van der Waals surface area contributed by atoms with E-state index in [9.17, 15) is 8.78 Å². The zero-order valence-electron chi connectivity index (χ0n) is 13.4. The van der Waals surface area contributed by atoms with E-state index in [-0.39, 0.29) is 29.5 Å². The van der Waals surface area contributed by atoms with Crippen LogP contribution < -0.4 is 11.5 Å². The SMILES string of the molecule is Nc1[c]c(N)nc(-c2nn(Cc3ccccc3F)c3c(F)cccc23)n1. The van der Waals surface area contributed by atoms with Crippen LogP contribution in [0.3, 0.4) is 0 Å². The van der Waals surface area contributed by atoms with Crippen LogP contribution in [0.25, 0.3) is 22.4 Å². The maximum absolute atomic E-state index is 14.5. The van der Waals surface area contributed by atoms with Crippen molar-refractivity contribution in [3.8, 4) is 11.5 Å². The van der Waals surface area contributed by atoms with Gasteiger partial charge in [-0.2, -0.15) is 5.10 Å². The van der Waals surface area contributed by atoms with Crippen molar-refractivity contribution in [2.45, 2.75) is 6.54 Å². The molecular weight excluding hydrogens is 338 g/mol. The molecule has 0 aliphatic rings. The molecule has 8 heteroatoms. The lowest BCUT2D eigenvalue weighted by Gasteiger charge is -2.05. The van der Waals surface area contributed by atoms with Crippen molar-refractivity contribution in [1.29, 1.82) is 0 Å². The van der Waals surface area contributed by atoms with E-state index in [1.54, 1.807) is 30.3 Å². The summed E-state index contributed by atoms with van der Waals surface area (Å²) in [7, 11) is 0. The quantitative estimate of drug-likeness (QED) is 0.592. The Kier molecular flexibility index (Phi) is 3.72. The van der Waals surface area contributed by atoms with Gasteiger partial charge in [0.15, 0.2) is 5.82 Å². The Morgan fingerprint density at radius 3 is 2.35 bits per heavy atom. The number of para-hydroxylation sites is 1. The molecule has 4 N–H and O–H groups in total. The van der Waals surface area contributed by atoms with Crippen molar-refractivity contribution in [1.82, 2.24) is 19.7 Å². The van der Waals surface area contributed by atoms with Gasteiger partial charge in [-0.15, -0.1) is 0 Å². The summed E-state index contributed by atoms with van der Waals surface area (Å²) in [5, 5.41) is 4.88. The average Bonchev–Trinajstić information content (AvgIpc) is 2.96. The van der Waals surface area contributed by atoms with Crippen molar-refractivity contribution >= 4 is 22.5 Å². The van der Waals surface area contributed by atoms with E-state index in [1.165, 1.54) is 16.8 Å². The number of rotatable bonds is 3. The van der Waals surface area contributed by atoms with Crippen LogP contribution in [0.2, 0.25) is 0 Å². The van der Waals surface area contributed by atoms with Crippen molar-refractivity contribution in [3.05, 3.63) is 65.7 Å². The van der Waals surface area contributed by atoms with Gasteiger partial charge >= 0.3 is 0 Å².